The van der Waals surface area contributed by atoms with E-state index in [4.69, 9.17) is 4.74 Å². The Morgan fingerprint density at radius 1 is 1.17 bits per heavy atom. The van der Waals surface area contributed by atoms with Gasteiger partial charge in [-0.2, -0.15) is 0 Å². The molecule has 18 heavy (non-hydrogen) atoms. The highest BCUT2D eigenvalue weighted by molar-refractivity contribution is 5.58. The lowest BCUT2D eigenvalue weighted by atomic mass is 10.2. The van der Waals surface area contributed by atoms with E-state index in [1.54, 1.807) is 13.2 Å². The number of nitrogens with one attached hydrogen (secondary N) is 1. The first kappa shape index (κ1) is 12.4. The van der Waals surface area contributed by atoms with Crippen molar-refractivity contribution in [1.29, 1.82) is 0 Å². The third-order valence-electron chi connectivity index (χ3n) is 2.73. The highest BCUT2D eigenvalue weighted by Gasteiger charge is 2.03. The standard InChI is InChI=1S/C15H16FNO/c1-11-6-7-15(18-2)14(8-11)17-10-12-4-3-5-13(16)9-12/h3-9,17H,10H2,1-2H3. The number of hydrogen-bond acceptors (Lipinski definition) is 2. The van der Waals surface area contributed by atoms with Crippen LogP contribution in [0.5, 0.6) is 5.75 Å². The van der Waals surface area contributed by atoms with Crippen LogP contribution in [0.1, 0.15) is 11.1 Å². The summed E-state index contributed by atoms with van der Waals surface area (Å²) in [7, 11) is 1.64. The van der Waals surface area contributed by atoms with Crippen molar-refractivity contribution in [3.63, 3.8) is 0 Å². The van der Waals surface area contributed by atoms with Crippen LogP contribution in [0.2, 0.25) is 0 Å². The van der Waals surface area contributed by atoms with Crippen molar-refractivity contribution in [3.05, 3.63) is 59.4 Å². The van der Waals surface area contributed by atoms with E-state index in [1.807, 2.05) is 31.2 Å². The molecule has 1 N–H and O–H groups in total. The number of aryl methyl sites for hydroxylation is 1. The fourth-order valence-electron chi connectivity index (χ4n) is 1.80. The fraction of sp³-hybridized carbons (Fsp3) is 0.200. The van der Waals surface area contributed by atoms with Gasteiger partial charge >= 0.3 is 0 Å². The number of rotatable bonds is 4. The Bertz CT molecular complexity index is 540. The molecule has 2 rings (SSSR count). The Morgan fingerprint density at radius 2 is 2.00 bits per heavy atom. The van der Waals surface area contributed by atoms with Crippen molar-refractivity contribution in [3.8, 4) is 5.75 Å². The molecule has 0 aliphatic carbocycles. The molecule has 0 fully saturated rings. The SMILES string of the molecule is COc1ccc(C)cc1NCc1cccc(F)c1. The van der Waals surface area contributed by atoms with E-state index in [1.165, 1.54) is 12.1 Å². The summed E-state index contributed by atoms with van der Waals surface area (Å²) >= 11 is 0. The molecule has 0 atom stereocenters. The van der Waals surface area contributed by atoms with Crippen LogP contribution in [-0.4, -0.2) is 7.11 Å². The number of benzene rings is 2. The number of hydrogen-bond donors (Lipinski definition) is 1. The van der Waals surface area contributed by atoms with Crippen molar-refractivity contribution in [2.45, 2.75) is 13.5 Å². The van der Waals surface area contributed by atoms with E-state index in [9.17, 15) is 4.39 Å². The van der Waals surface area contributed by atoms with Gasteiger partial charge < -0.3 is 10.1 Å². The number of ether oxygens (including phenoxy) is 1. The van der Waals surface area contributed by atoms with Crippen LogP contribution in [-0.2, 0) is 6.54 Å². The molecule has 0 unspecified atom stereocenters. The first-order valence-electron chi connectivity index (χ1n) is 5.82. The van der Waals surface area contributed by atoms with Gasteiger partial charge in [-0.3, -0.25) is 0 Å². The summed E-state index contributed by atoms with van der Waals surface area (Å²) in [5, 5.41) is 3.26. The molecule has 0 bridgehead atoms. The van der Waals surface area contributed by atoms with Gasteiger partial charge in [0.15, 0.2) is 0 Å². The first-order chi connectivity index (χ1) is 8.69. The Kier molecular flexibility index (Phi) is 3.82. The highest BCUT2D eigenvalue weighted by Crippen LogP contribution is 2.25. The van der Waals surface area contributed by atoms with E-state index < -0.39 is 0 Å². The fourth-order valence-corrected chi connectivity index (χ4v) is 1.80. The average Bonchev–Trinajstić information content (AvgIpc) is 2.37. The molecular formula is C15H16FNO. The van der Waals surface area contributed by atoms with Crippen LogP contribution in [0.3, 0.4) is 0 Å². The Balaban J connectivity index is 2.12. The van der Waals surface area contributed by atoms with Crippen molar-refractivity contribution < 1.29 is 9.13 Å². The number of anilines is 1. The van der Waals surface area contributed by atoms with Crippen LogP contribution in [0.15, 0.2) is 42.5 Å². The Labute approximate surface area is 106 Å². The molecule has 2 nitrogen and oxygen atoms in total. The summed E-state index contributed by atoms with van der Waals surface area (Å²) < 4.78 is 18.3. The summed E-state index contributed by atoms with van der Waals surface area (Å²) in [5.41, 5.74) is 2.97. The lowest BCUT2D eigenvalue weighted by Gasteiger charge is -2.12. The van der Waals surface area contributed by atoms with Gasteiger partial charge in [0.1, 0.15) is 11.6 Å². The van der Waals surface area contributed by atoms with Gasteiger partial charge in [-0.05, 0) is 42.3 Å². The van der Waals surface area contributed by atoms with E-state index in [2.05, 4.69) is 5.32 Å². The second-order valence-electron chi connectivity index (χ2n) is 4.19. The monoisotopic (exact) mass is 245 g/mol. The van der Waals surface area contributed by atoms with Gasteiger partial charge in [0.25, 0.3) is 0 Å². The van der Waals surface area contributed by atoms with E-state index >= 15 is 0 Å². The van der Waals surface area contributed by atoms with Gasteiger partial charge in [-0.15, -0.1) is 0 Å². The second kappa shape index (κ2) is 5.54. The summed E-state index contributed by atoms with van der Waals surface area (Å²) in [5.74, 6) is 0.572. The molecule has 0 heterocycles. The van der Waals surface area contributed by atoms with Crippen LogP contribution in [0.4, 0.5) is 10.1 Å². The van der Waals surface area contributed by atoms with Crippen molar-refractivity contribution in [2.75, 3.05) is 12.4 Å². The minimum absolute atomic E-state index is 0.217. The van der Waals surface area contributed by atoms with Crippen LogP contribution < -0.4 is 10.1 Å². The third kappa shape index (κ3) is 3.00. The van der Waals surface area contributed by atoms with Crippen LogP contribution >= 0.6 is 0 Å². The largest absolute Gasteiger partial charge is 0.495 e. The maximum Gasteiger partial charge on any atom is 0.141 e. The van der Waals surface area contributed by atoms with Gasteiger partial charge in [-0.25, -0.2) is 4.39 Å². The lowest BCUT2D eigenvalue weighted by molar-refractivity contribution is 0.416. The van der Waals surface area contributed by atoms with Crippen LogP contribution in [0.25, 0.3) is 0 Å². The topological polar surface area (TPSA) is 21.3 Å². The summed E-state index contributed by atoms with van der Waals surface area (Å²) in [4.78, 5) is 0. The molecule has 94 valence electrons. The van der Waals surface area contributed by atoms with Gasteiger partial charge in [-0.1, -0.05) is 18.2 Å². The molecule has 0 aliphatic rings. The number of methoxy groups -OCH3 is 1. The van der Waals surface area contributed by atoms with E-state index in [-0.39, 0.29) is 5.82 Å². The third-order valence-corrected chi connectivity index (χ3v) is 2.73. The second-order valence-corrected chi connectivity index (χ2v) is 4.19. The molecule has 0 spiro atoms. The first-order valence-corrected chi connectivity index (χ1v) is 5.82. The molecule has 0 aliphatic heterocycles. The molecular weight excluding hydrogens is 229 g/mol. The van der Waals surface area contributed by atoms with Crippen molar-refractivity contribution >= 4 is 5.69 Å². The maximum atomic E-state index is 13.1. The van der Waals surface area contributed by atoms with Crippen molar-refractivity contribution in [2.24, 2.45) is 0 Å². The molecule has 0 amide bonds. The quantitative estimate of drug-likeness (QED) is 0.885. The number of halogens is 1. The molecule has 3 heteroatoms. The predicted octanol–water partition coefficient (Wildman–Crippen LogP) is 3.75. The molecule has 0 saturated heterocycles. The molecule has 0 radical (unpaired) electrons. The van der Waals surface area contributed by atoms with E-state index in [0.29, 0.717) is 6.54 Å². The van der Waals surface area contributed by atoms with Crippen LogP contribution in [0, 0.1) is 12.7 Å². The molecule has 2 aromatic carbocycles. The zero-order chi connectivity index (χ0) is 13.0. The lowest BCUT2D eigenvalue weighted by Crippen LogP contribution is -2.02. The Hall–Kier alpha value is -2.03. The zero-order valence-corrected chi connectivity index (χ0v) is 10.5. The smallest absolute Gasteiger partial charge is 0.141 e. The minimum atomic E-state index is -0.217. The summed E-state index contributed by atoms with van der Waals surface area (Å²) in [6.45, 7) is 2.59. The van der Waals surface area contributed by atoms with Crippen molar-refractivity contribution in [1.82, 2.24) is 0 Å². The minimum Gasteiger partial charge on any atom is -0.495 e. The zero-order valence-electron chi connectivity index (χ0n) is 10.5. The average molecular weight is 245 g/mol. The highest BCUT2D eigenvalue weighted by atomic mass is 19.1. The predicted molar refractivity (Wildman–Crippen MR) is 71.5 cm³/mol. The van der Waals surface area contributed by atoms with Gasteiger partial charge in [0, 0.05) is 6.54 Å². The normalized spacial score (nSPS) is 10.2. The molecule has 2 aromatic rings. The maximum absolute atomic E-state index is 13.1. The summed E-state index contributed by atoms with van der Waals surface area (Å²) in [6, 6.07) is 12.5. The van der Waals surface area contributed by atoms with Gasteiger partial charge in [0.05, 0.1) is 12.8 Å². The molecule has 0 saturated carbocycles. The Morgan fingerprint density at radius 3 is 2.72 bits per heavy atom. The summed E-state index contributed by atoms with van der Waals surface area (Å²) in [6.07, 6.45) is 0. The molecule has 0 aromatic heterocycles. The van der Waals surface area contributed by atoms with E-state index in [0.717, 1.165) is 22.6 Å². The van der Waals surface area contributed by atoms with Gasteiger partial charge in [0.2, 0.25) is 0 Å².